The summed E-state index contributed by atoms with van der Waals surface area (Å²) in [6.07, 6.45) is 5.67. The van der Waals surface area contributed by atoms with E-state index in [1.54, 1.807) is 0 Å². The summed E-state index contributed by atoms with van der Waals surface area (Å²) in [7, 11) is 0. The third-order valence-electron chi connectivity index (χ3n) is 3.44. The minimum Gasteiger partial charge on any atom is -0.0955 e. The van der Waals surface area contributed by atoms with Crippen molar-refractivity contribution in [2.75, 3.05) is 0 Å². The van der Waals surface area contributed by atoms with E-state index < -0.39 is 0 Å². The van der Waals surface area contributed by atoms with Gasteiger partial charge in [0.15, 0.2) is 0 Å². The lowest BCUT2D eigenvalue weighted by atomic mass is 9.89. The molecule has 0 aliphatic heterocycles. The van der Waals surface area contributed by atoms with Gasteiger partial charge in [-0.25, -0.2) is 0 Å². The van der Waals surface area contributed by atoms with Gasteiger partial charge in [-0.3, -0.25) is 0 Å². The quantitative estimate of drug-likeness (QED) is 0.471. The zero-order valence-electron chi connectivity index (χ0n) is 12.8. The molecule has 0 aromatic rings. The normalized spacial score (nSPS) is 13.1. The Morgan fingerprint density at radius 2 is 1.56 bits per heavy atom. The molecule has 0 rings (SSSR count). The van der Waals surface area contributed by atoms with Gasteiger partial charge in [0.1, 0.15) is 0 Å². The van der Waals surface area contributed by atoms with Gasteiger partial charge >= 0.3 is 0 Å². The van der Waals surface area contributed by atoms with E-state index in [1.165, 1.54) is 24.0 Å². The second kappa shape index (κ2) is 7.92. The molecule has 0 fully saturated rings. The molecule has 0 heterocycles. The molecule has 100 valence electrons. The molecule has 0 saturated carbocycles. The molecule has 0 heteroatoms. The van der Waals surface area contributed by atoms with E-state index in [9.17, 15) is 0 Å². The van der Waals surface area contributed by atoms with E-state index in [4.69, 9.17) is 0 Å². The van der Waals surface area contributed by atoms with Crippen molar-refractivity contribution in [2.24, 2.45) is 0 Å². The Bertz CT molecular complexity index is 400. The van der Waals surface area contributed by atoms with Crippen molar-refractivity contribution in [1.29, 1.82) is 0 Å². The van der Waals surface area contributed by atoms with E-state index in [-0.39, 0.29) is 0 Å². The summed E-state index contributed by atoms with van der Waals surface area (Å²) in [5.41, 5.74) is 6.89. The predicted octanol–water partition coefficient (Wildman–Crippen LogP) is 6.15. The van der Waals surface area contributed by atoms with Crippen molar-refractivity contribution in [1.82, 2.24) is 0 Å². The molecular formula is C18H28. The van der Waals surface area contributed by atoms with Crippen LogP contribution >= 0.6 is 0 Å². The molecule has 0 unspecified atom stereocenters. The average molecular weight is 244 g/mol. The highest BCUT2D eigenvalue weighted by molar-refractivity contribution is 5.58. The van der Waals surface area contributed by atoms with Crippen LogP contribution in [0.15, 0.2) is 59.3 Å². The number of rotatable bonds is 7. The predicted molar refractivity (Wildman–Crippen MR) is 84.8 cm³/mol. The van der Waals surface area contributed by atoms with Gasteiger partial charge in [0, 0.05) is 0 Å². The van der Waals surface area contributed by atoms with Crippen molar-refractivity contribution >= 4 is 0 Å². The van der Waals surface area contributed by atoms with Crippen LogP contribution in [-0.2, 0) is 0 Å². The van der Waals surface area contributed by atoms with Crippen LogP contribution in [0.5, 0.6) is 0 Å². The zero-order valence-corrected chi connectivity index (χ0v) is 12.8. The van der Waals surface area contributed by atoms with Crippen molar-refractivity contribution in [2.45, 2.75) is 53.9 Å². The van der Waals surface area contributed by atoms with Crippen LogP contribution in [0, 0.1) is 0 Å². The lowest BCUT2D eigenvalue weighted by Crippen LogP contribution is -1.97. The number of unbranched alkanes of at least 4 members (excludes halogenated alkanes) is 1. The molecule has 18 heavy (non-hydrogen) atoms. The van der Waals surface area contributed by atoms with Gasteiger partial charge in [-0.2, -0.15) is 0 Å². The SMILES string of the molecule is C=C(C)/C(=C/C)C(=C)C(=C)/C(C)=C(/C)CCCC. The van der Waals surface area contributed by atoms with Crippen molar-refractivity contribution in [3.8, 4) is 0 Å². The first-order valence-electron chi connectivity index (χ1n) is 6.74. The lowest BCUT2D eigenvalue weighted by molar-refractivity contribution is 0.782. The Kier molecular flexibility index (Phi) is 7.35. The van der Waals surface area contributed by atoms with Crippen molar-refractivity contribution in [3.05, 3.63) is 59.3 Å². The Morgan fingerprint density at radius 1 is 1.00 bits per heavy atom. The largest absolute Gasteiger partial charge is 0.0955 e. The van der Waals surface area contributed by atoms with E-state index in [0.717, 1.165) is 28.7 Å². The van der Waals surface area contributed by atoms with Gasteiger partial charge in [0.25, 0.3) is 0 Å². The smallest absolute Gasteiger partial charge is 0.0188 e. The molecule has 0 bridgehead atoms. The van der Waals surface area contributed by atoms with E-state index in [2.05, 4.69) is 46.6 Å². The molecule has 0 radical (unpaired) electrons. The highest BCUT2D eigenvalue weighted by atomic mass is 14.1. The van der Waals surface area contributed by atoms with Crippen LogP contribution in [0.25, 0.3) is 0 Å². The van der Waals surface area contributed by atoms with Crippen LogP contribution in [0.4, 0.5) is 0 Å². The van der Waals surface area contributed by atoms with Crippen LogP contribution < -0.4 is 0 Å². The monoisotopic (exact) mass is 244 g/mol. The second-order valence-corrected chi connectivity index (χ2v) is 4.95. The Morgan fingerprint density at radius 3 is 1.94 bits per heavy atom. The number of hydrogen-bond donors (Lipinski definition) is 0. The van der Waals surface area contributed by atoms with Crippen LogP contribution in [0.2, 0.25) is 0 Å². The number of allylic oxidation sites excluding steroid dienone is 7. The number of hydrogen-bond acceptors (Lipinski definition) is 0. The van der Waals surface area contributed by atoms with E-state index in [1.807, 2.05) is 13.8 Å². The average Bonchev–Trinajstić information content (AvgIpc) is 2.34. The Balaban J connectivity index is 5.06. The summed E-state index contributed by atoms with van der Waals surface area (Å²) in [4.78, 5) is 0. The maximum atomic E-state index is 4.20. The first-order valence-corrected chi connectivity index (χ1v) is 6.74. The van der Waals surface area contributed by atoms with Gasteiger partial charge in [-0.1, -0.05) is 50.3 Å². The molecule has 0 nitrogen and oxygen atoms in total. The lowest BCUT2D eigenvalue weighted by Gasteiger charge is -2.16. The van der Waals surface area contributed by atoms with Crippen molar-refractivity contribution in [3.63, 3.8) is 0 Å². The molecule has 0 aromatic carbocycles. The maximum Gasteiger partial charge on any atom is -0.0188 e. The summed E-state index contributed by atoms with van der Waals surface area (Å²) < 4.78 is 0. The highest BCUT2D eigenvalue weighted by Crippen LogP contribution is 2.29. The first kappa shape index (κ1) is 16.7. The Hall–Kier alpha value is -1.30. The summed E-state index contributed by atoms with van der Waals surface area (Å²) in [5, 5.41) is 0. The topological polar surface area (TPSA) is 0 Å². The molecule has 0 N–H and O–H groups in total. The first-order chi connectivity index (χ1) is 8.36. The fraction of sp³-hybridized carbons (Fsp3) is 0.444. The minimum absolute atomic E-state index is 0.998. The third kappa shape index (κ3) is 4.52. The highest BCUT2D eigenvalue weighted by Gasteiger charge is 2.10. The van der Waals surface area contributed by atoms with Gasteiger partial charge in [-0.05, 0) is 62.8 Å². The Labute approximate surface area is 113 Å². The van der Waals surface area contributed by atoms with Gasteiger partial charge in [0.05, 0.1) is 0 Å². The molecule has 0 atom stereocenters. The van der Waals surface area contributed by atoms with Crippen LogP contribution in [-0.4, -0.2) is 0 Å². The molecule has 0 aliphatic carbocycles. The molecule has 0 amide bonds. The van der Waals surface area contributed by atoms with E-state index in [0.29, 0.717) is 0 Å². The minimum atomic E-state index is 0.998. The van der Waals surface area contributed by atoms with E-state index >= 15 is 0 Å². The molecule has 0 aromatic heterocycles. The second-order valence-electron chi connectivity index (χ2n) is 4.95. The van der Waals surface area contributed by atoms with Crippen LogP contribution in [0.3, 0.4) is 0 Å². The fourth-order valence-electron chi connectivity index (χ4n) is 1.95. The van der Waals surface area contributed by atoms with Crippen molar-refractivity contribution < 1.29 is 0 Å². The zero-order chi connectivity index (χ0) is 14.3. The summed E-state index contributed by atoms with van der Waals surface area (Å²) >= 11 is 0. The maximum absolute atomic E-state index is 4.20. The fourth-order valence-corrected chi connectivity index (χ4v) is 1.95. The summed E-state index contributed by atoms with van der Waals surface area (Å²) in [6.45, 7) is 22.9. The van der Waals surface area contributed by atoms with Crippen LogP contribution in [0.1, 0.15) is 53.9 Å². The molecule has 0 aliphatic rings. The molecular weight excluding hydrogens is 216 g/mol. The van der Waals surface area contributed by atoms with Gasteiger partial charge in [-0.15, -0.1) is 0 Å². The van der Waals surface area contributed by atoms with Gasteiger partial charge < -0.3 is 0 Å². The summed E-state index contributed by atoms with van der Waals surface area (Å²) in [5.74, 6) is 0. The standard InChI is InChI=1S/C18H28/c1-9-11-12-14(5)15(6)16(7)17(8)18(10-2)13(3)4/h10H,3,7-9,11-12H2,1-2,4-6H3/b15-14-,18-10-. The van der Waals surface area contributed by atoms with Gasteiger partial charge in [0.2, 0.25) is 0 Å². The third-order valence-corrected chi connectivity index (χ3v) is 3.44. The summed E-state index contributed by atoms with van der Waals surface area (Å²) in [6, 6.07) is 0. The molecule has 0 saturated heterocycles. The molecule has 0 spiro atoms.